The first kappa shape index (κ1) is 14.4. The fourth-order valence-corrected chi connectivity index (χ4v) is 3.47. The van der Waals surface area contributed by atoms with Gasteiger partial charge in [-0.25, -0.2) is 9.97 Å². The molecular weight excluding hydrogens is 356 g/mol. The summed E-state index contributed by atoms with van der Waals surface area (Å²) in [6.45, 7) is 1.98. The second-order valence-electron chi connectivity index (χ2n) is 5.73. The van der Waals surface area contributed by atoms with Crippen LogP contribution in [-0.4, -0.2) is 34.1 Å². The Hall–Kier alpha value is -2.17. The van der Waals surface area contributed by atoms with Crippen molar-refractivity contribution in [3.8, 4) is 6.07 Å². The largest absolute Gasteiger partial charge is 0.379 e. The Morgan fingerprint density at radius 1 is 1.26 bits per heavy atom. The Labute approximate surface area is 141 Å². The number of aromatic amines is 1. The van der Waals surface area contributed by atoms with Gasteiger partial charge in [-0.3, -0.25) is 0 Å². The van der Waals surface area contributed by atoms with Crippen LogP contribution in [0, 0.1) is 11.3 Å². The summed E-state index contributed by atoms with van der Waals surface area (Å²) in [5.41, 5.74) is 2.93. The van der Waals surface area contributed by atoms with Gasteiger partial charge in [0.25, 0.3) is 0 Å². The molecule has 3 aromatic rings. The number of anilines is 1. The smallest absolute Gasteiger partial charge is 0.164 e. The zero-order valence-corrected chi connectivity index (χ0v) is 13.9. The molecule has 0 aliphatic carbocycles. The molecule has 1 saturated heterocycles. The molecule has 3 aromatic heterocycles. The molecule has 4 rings (SSSR count). The quantitative estimate of drug-likeness (QED) is 0.645. The Bertz CT molecular complexity index is 920. The summed E-state index contributed by atoms with van der Waals surface area (Å²) in [5, 5.41) is 18.4. The molecule has 0 aromatic carbocycles. The van der Waals surface area contributed by atoms with Crippen LogP contribution in [0.15, 0.2) is 22.9 Å². The van der Waals surface area contributed by atoms with Gasteiger partial charge in [0, 0.05) is 27.5 Å². The summed E-state index contributed by atoms with van der Waals surface area (Å²) in [5.74, 6) is 0. The highest BCUT2D eigenvalue weighted by molar-refractivity contribution is 9.10. The Morgan fingerprint density at radius 3 is 2.87 bits per heavy atom. The molecule has 1 aliphatic heterocycles. The highest BCUT2D eigenvalue weighted by Gasteiger charge is 2.19. The summed E-state index contributed by atoms with van der Waals surface area (Å²) in [6, 6.07) is 4.58. The van der Waals surface area contributed by atoms with E-state index in [-0.39, 0.29) is 0 Å². The fourth-order valence-electron chi connectivity index (χ4n) is 3.14. The first-order chi connectivity index (χ1) is 11.3. The second-order valence-corrected chi connectivity index (χ2v) is 6.64. The number of nitrogens with one attached hydrogen (secondary N) is 3. The monoisotopic (exact) mass is 370 g/mol. The number of rotatable bonds is 2. The van der Waals surface area contributed by atoms with Crippen LogP contribution in [0.4, 0.5) is 5.69 Å². The van der Waals surface area contributed by atoms with Crippen molar-refractivity contribution in [3.63, 3.8) is 0 Å². The van der Waals surface area contributed by atoms with E-state index in [2.05, 4.69) is 47.6 Å². The van der Waals surface area contributed by atoms with Crippen molar-refractivity contribution in [3.05, 3.63) is 28.6 Å². The number of piperidine rings is 1. The van der Waals surface area contributed by atoms with Gasteiger partial charge in [-0.1, -0.05) is 0 Å². The topological polar surface area (TPSA) is 89.4 Å². The van der Waals surface area contributed by atoms with Crippen molar-refractivity contribution in [2.75, 3.05) is 18.4 Å². The number of nitrogens with zero attached hydrogens (tertiary/aromatic N) is 3. The van der Waals surface area contributed by atoms with E-state index in [1.165, 1.54) is 0 Å². The number of halogens is 1. The molecule has 23 heavy (non-hydrogen) atoms. The van der Waals surface area contributed by atoms with E-state index in [4.69, 9.17) is 0 Å². The van der Waals surface area contributed by atoms with Crippen LogP contribution < -0.4 is 10.6 Å². The minimum Gasteiger partial charge on any atom is -0.379 e. The van der Waals surface area contributed by atoms with Crippen LogP contribution >= 0.6 is 15.9 Å². The van der Waals surface area contributed by atoms with Crippen molar-refractivity contribution < 1.29 is 0 Å². The predicted octanol–water partition coefficient (Wildman–Crippen LogP) is 2.91. The SMILES string of the molecule is N#Cc1ncc2[nH]c3ncc(Br)cc3c2c1NC1CCNCC1. The zero-order chi connectivity index (χ0) is 15.8. The van der Waals surface area contributed by atoms with Crippen LogP contribution in [0.2, 0.25) is 0 Å². The van der Waals surface area contributed by atoms with Crippen molar-refractivity contribution >= 4 is 43.6 Å². The van der Waals surface area contributed by atoms with Gasteiger partial charge >= 0.3 is 0 Å². The molecule has 1 fully saturated rings. The first-order valence-corrected chi connectivity index (χ1v) is 8.39. The molecule has 1 aliphatic rings. The van der Waals surface area contributed by atoms with Gasteiger partial charge in [-0.15, -0.1) is 0 Å². The molecule has 3 N–H and O–H groups in total. The van der Waals surface area contributed by atoms with Crippen LogP contribution in [0.3, 0.4) is 0 Å². The first-order valence-electron chi connectivity index (χ1n) is 7.59. The van der Waals surface area contributed by atoms with Gasteiger partial charge in [0.1, 0.15) is 11.7 Å². The number of hydrogen-bond donors (Lipinski definition) is 3. The van der Waals surface area contributed by atoms with Gasteiger partial charge in [-0.2, -0.15) is 5.26 Å². The molecule has 0 unspecified atom stereocenters. The summed E-state index contributed by atoms with van der Waals surface area (Å²) in [7, 11) is 0. The highest BCUT2D eigenvalue weighted by atomic mass is 79.9. The van der Waals surface area contributed by atoms with Crippen LogP contribution in [0.5, 0.6) is 0 Å². The minimum absolute atomic E-state index is 0.348. The molecule has 0 amide bonds. The van der Waals surface area contributed by atoms with Crippen molar-refractivity contribution in [1.82, 2.24) is 20.3 Å². The fraction of sp³-hybridized carbons (Fsp3) is 0.312. The lowest BCUT2D eigenvalue weighted by atomic mass is 10.0. The third kappa shape index (κ3) is 2.54. The van der Waals surface area contributed by atoms with Crippen LogP contribution in [-0.2, 0) is 0 Å². The standard InChI is InChI=1S/C16H15BrN6/c17-9-5-11-14-13(23-16(11)21-7-9)8-20-12(6-18)15(14)22-10-1-3-19-4-2-10/h5,7-8,10,19,22H,1-4H2,(H,21,23). The molecule has 0 radical (unpaired) electrons. The Morgan fingerprint density at radius 2 is 2.09 bits per heavy atom. The maximum absolute atomic E-state index is 9.47. The molecule has 4 heterocycles. The van der Waals surface area contributed by atoms with E-state index in [1.807, 2.05) is 6.07 Å². The summed E-state index contributed by atoms with van der Waals surface area (Å²) < 4.78 is 0.911. The maximum Gasteiger partial charge on any atom is 0.164 e. The number of pyridine rings is 2. The zero-order valence-electron chi connectivity index (χ0n) is 12.4. The van der Waals surface area contributed by atoms with Gasteiger partial charge in [0.05, 0.1) is 17.4 Å². The second kappa shape index (κ2) is 5.80. The molecule has 0 atom stereocenters. The van der Waals surface area contributed by atoms with Crippen LogP contribution in [0.1, 0.15) is 18.5 Å². The van der Waals surface area contributed by atoms with Gasteiger partial charge in [0.2, 0.25) is 0 Å². The van der Waals surface area contributed by atoms with Crippen LogP contribution in [0.25, 0.3) is 21.9 Å². The van der Waals surface area contributed by atoms with Crippen molar-refractivity contribution in [2.45, 2.75) is 18.9 Å². The normalized spacial score (nSPS) is 15.8. The Balaban J connectivity index is 1.93. The van der Waals surface area contributed by atoms with E-state index in [9.17, 15) is 5.26 Å². The van der Waals surface area contributed by atoms with Gasteiger partial charge in [0.15, 0.2) is 5.69 Å². The van der Waals surface area contributed by atoms with Crippen molar-refractivity contribution in [2.24, 2.45) is 0 Å². The average Bonchev–Trinajstić information content (AvgIpc) is 2.94. The minimum atomic E-state index is 0.348. The third-order valence-electron chi connectivity index (χ3n) is 4.25. The molecule has 116 valence electrons. The lowest BCUT2D eigenvalue weighted by Crippen LogP contribution is -2.35. The van der Waals surface area contributed by atoms with E-state index in [1.54, 1.807) is 12.4 Å². The lowest BCUT2D eigenvalue weighted by molar-refractivity contribution is 0.479. The van der Waals surface area contributed by atoms with Gasteiger partial charge < -0.3 is 15.6 Å². The lowest BCUT2D eigenvalue weighted by Gasteiger charge is -2.25. The summed E-state index contributed by atoms with van der Waals surface area (Å²) >= 11 is 3.48. The number of fused-ring (bicyclic) bond motifs is 3. The van der Waals surface area contributed by atoms with E-state index in [0.717, 1.165) is 58.0 Å². The maximum atomic E-state index is 9.47. The third-order valence-corrected chi connectivity index (χ3v) is 4.68. The summed E-state index contributed by atoms with van der Waals surface area (Å²) in [6.07, 6.45) is 5.53. The number of H-pyrrole nitrogens is 1. The molecule has 6 nitrogen and oxygen atoms in total. The predicted molar refractivity (Wildman–Crippen MR) is 93.3 cm³/mol. The van der Waals surface area contributed by atoms with Gasteiger partial charge in [-0.05, 0) is 47.9 Å². The average molecular weight is 371 g/mol. The number of aromatic nitrogens is 3. The van der Waals surface area contributed by atoms with E-state index in [0.29, 0.717) is 11.7 Å². The van der Waals surface area contributed by atoms with E-state index >= 15 is 0 Å². The molecule has 7 heteroatoms. The summed E-state index contributed by atoms with van der Waals surface area (Å²) in [4.78, 5) is 12.0. The van der Waals surface area contributed by atoms with E-state index < -0.39 is 0 Å². The number of hydrogen-bond acceptors (Lipinski definition) is 5. The molecular formula is C16H15BrN6. The molecule has 0 saturated carbocycles. The highest BCUT2D eigenvalue weighted by Crippen LogP contribution is 2.34. The molecule has 0 spiro atoms. The number of nitriles is 1. The van der Waals surface area contributed by atoms with Crippen molar-refractivity contribution in [1.29, 1.82) is 5.26 Å². The molecule has 0 bridgehead atoms. The Kier molecular flexibility index (Phi) is 3.63.